The van der Waals surface area contributed by atoms with E-state index in [4.69, 9.17) is 0 Å². The second kappa shape index (κ2) is 6.63. The fourth-order valence-corrected chi connectivity index (χ4v) is 5.14. The van der Waals surface area contributed by atoms with Gasteiger partial charge in [-0.15, -0.1) is 0 Å². The van der Waals surface area contributed by atoms with Crippen molar-refractivity contribution in [2.75, 3.05) is 7.05 Å². The molecule has 0 bridgehead atoms. The van der Waals surface area contributed by atoms with E-state index in [1.54, 1.807) is 38.8 Å². The van der Waals surface area contributed by atoms with Gasteiger partial charge in [-0.3, -0.25) is 9.59 Å². The van der Waals surface area contributed by atoms with E-state index in [0.29, 0.717) is 19.3 Å². The van der Waals surface area contributed by atoms with Crippen molar-refractivity contribution >= 4 is 11.8 Å². The lowest BCUT2D eigenvalue weighted by atomic mass is 9.57. The van der Waals surface area contributed by atoms with Crippen molar-refractivity contribution in [3.8, 4) is 0 Å². The molecule has 0 aromatic rings. The molecule has 1 N–H and O–H groups in total. The zero-order valence-corrected chi connectivity index (χ0v) is 17.1. The van der Waals surface area contributed by atoms with E-state index < -0.39 is 40.8 Å². The number of likely N-dealkylation sites (tertiary alicyclic amines) is 1. The number of hydrogen-bond donors (Lipinski definition) is 1. The lowest BCUT2D eigenvalue weighted by Crippen LogP contribution is -2.54. The van der Waals surface area contributed by atoms with Gasteiger partial charge in [-0.1, -0.05) is 24.6 Å². The van der Waals surface area contributed by atoms with Crippen LogP contribution < -0.4 is 5.32 Å². The highest BCUT2D eigenvalue weighted by molar-refractivity contribution is 5.82. The van der Waals surface area contributed by atoms with Gasteiger partial charge in [0.1, 0.15) is 0 Å². The first-order valence-corrected chi connectivity index (χ1v) is 9.82. The molecule has 2 aliphatic carbocycles. The summed E-state index contributed by atoms with van der Waals surface area (Å²) >= 11 is 0. The van der Waals surface area contributed by atoms with Crippen LogP contribution in [-0.2, 0) is 9.59 Å². The van der Waals surface area contributed by atoms with Crippen LogP contribution in [0.5, 0.6) is 0 Å². The van der Waals surface area contributed by atoms with Crippen LogP contribution in [0.25, 0.3) is 0 Å². The van der Waals surface area contributed by atoms with E-state index in [1.165, 1.54) is 0 Å². The Morgan fingerprint density at radius 3 is 2.43 bits per heavy atom. The number of rotatable bonds is 1. The van der Waals surface area contributed by atoms with Gasteiger partial charge in [0, 0.05) is 30.1 Å². The molecule has 0 radical (unpaired) electrons. The van der Waals surface area contributed by atoms with Crippen molar-refractivity contribution in [1.82, 2.24) is 10.2 Å². The summed E-state index contributed by atoms with van der Waals surface area (Å²) in [6, 6.07) is 0. The molecule has 0 saturated carbocycles. The molecule has 0 aromatic carbocycles. The standard InChI is InChI=1S/C21H29F3N2O2/c1-19(2,3)25-18(28)17-12-6-9-15-20(4,11-10-16(27)26(15)5)13(12)7-8-14(17)21(22,23)24/h7,9,12,14,17H,6,8,10-11H2,1-5H3,(H,25,28)/t12?,14?,17?,20-/m1/s1. The second-order valence-corrected chi connectivity index (χ2v) is 9.52. The first-order chi connectivity index (χ1) is 12.8. The normalized spacial score (nSPS) is 33.5. The number of nitrogens with zero attached hydrogens (tertiary/aromatic N) is 1. The Hall–Kier alpha value is -1.79. The highest BCUT2D eigenvalue weighted by atomic mass is 19.4. The minimum atomic E-state index is -4.44. The molecule has 28 heavy (non-hydrogen) atoms. The number of carbonyl (C=O) groups is 2. The Morgan fingerprint density at radius 1 is 1.21 bits per heavy atom. The fraction of sp³-hybridized carbons (Fsp3) is 0.714. The predicted molar refractivity (Wildman–Crippen MR) is 99.9 cm³/mol. The molecule has 3 unspecified atom stereocenters. The van der Waals surface area contributed by atoms with Crippen molar-refractivity contribution in [3.63, 3.8) is 0 Å². The number of amides is 2. The summed E-state index contributed by atoms with van der Waals surface area (Å²) in [5.41, 5.74) is 0.638. The van der Waals surface area contributed by atoms with Crippen molar-refractivity contribution in [1.29, 1.82) is 0 Å². The van der Waals surface area contributed by atoms with E-state index in [0.717, 1.165) is 11.3 Å². The molecule has 156 valence electrons. The van der Waals surface area contributed by atoms with Crippen LogP contribution in [0.3, 0.4) is 0 Å². The maximum atomic E-state index is 13.8. The van der Waals surface area contributed by atoms with Crippen LogP contribution in [0, 0.1) is 23.2 Å². The van der Waals surface area contributed by atoms with Gasteiger partial charge < -0.3 is 10.2 Å². The molecule has 1 fully saturated rings. The van der Waals surface area contributed by atoms with Crippen LogP contribution in [-0.4, -0.2) is 35.5 Å². The Morgan fingerprint density at radius 2 is 1.86 bits per heavy atom. The Balaban J connectivity index is 2.04. The Kier molecular flexibility index (Phi) is 4.96. The van der Waals surface area contributed by atoms with Gasteiger partial charge in [0.2, 0.25) is 11.8 Å². The average Bonchev–Trinajstić information content (AvgIpc) is 2.55. The molecule has 1 saturated heterocycles. The van der Waals surface area contributed by atoms with E-state index >= 15 is 0 Å². The molecule has 3 rings (SSSR count). The topological polar surface area (TPSA) is 49.4 Å². The number of hydrogen-bond acceptors (Lipinski definition) is 2. The maximum Gasteiger partial charge on any atom is 0.392 e. The number of allylic oxidation sites excluding steroid dienone is 3. The molecular weight excluding hydrogens is 369 g/mol. The minimum Gasteiger partial charge on any atom is -0.351 e. The molecule has 0 aromatic heterocycles. The third-order valence-electron chi connectivity index (χ3n) is 6.42. The molecule has 7 heteroatoms. The molecule has 2 amide bonds. The van der Waals surface area contributed by atoms with Crippen LogP contribution in [0.15, 0.2) is 23.4 Å². The molecule has 4 nitrogen and oxygen atoms in total. The summed E-state index contributed by atoms with van der Waals surface area (Å²) in [5, 5.41) is 2.77. The van der Waals surface area contributed by atoms with Gasteiger partial charge in [0.15, 0.2) is 0 Å². The lowest BCUT2D eigenvalue weighted by molar-refractivity contribution is -0.197. The van der Waals surface area contributed by atoms with Gasteiger partial charge in [0.25, 0.3) is 0 Å². The van der Waals surface area contributed by atoms with Crippen molar-refractivity contribution in [2.45, 2.75) is 65.1 Å². The summed E-state index contributed by atoms with van der Waals surface area (Å²) < 4.78 is 41.4. The molecule has 0 spiro atoms. The second-order valence-electron chi connectivity index (χ2n) is 9.52. The Bertz CT molecular complexity index is 748. The number of piperidine rings is 1. The molecule has 4 atom stereocenters. The van der Waals surface area contributed by atoms with Gasteiger partial charge >= 0.3 is 6.18 Å². The quantitative estimate of drug-likeness (QED) is 0.674. The largest absolute Gasteiger partial charge is 0.392 e. The smallest absolute Gasteiger partial charge is 0.351 e. The summed E-state index contributed by atoms with van der Waals surface area (Å²) in [6.07, 6.45) is 0.188. The van der Waals surface area contributed by atoms with E-state index in [-0.39, 0.29) is 12.3 Å². The zero-order valence-electron chi connectivity index (χ0n) is 17.1. The van der Waals surface area contributed by atoms with Crippen LogP contribution >= 0.6 is 0 Å². The number of nitrogens with one attached hydrogen (secondary N) is 1. The first kappa shape index (κ1) is 20.9. The zero-order chi connectivity index (χ0) is 21.1. The first-order valence-electron chi connectivity index (χ1n) is 9.82. The van der Waals surface area contributed by atoms with Crippen LogP contribution in [0.2, 0.25) is 0 Å². The number of fused-ring (bicyclic) bond motifs is 3. The average molecular weight is 398 g/mol. The molecular formula is C21H29F3N2O2. The van der Waals surface area contributed by atoms with Crippen molar-refractivity contribution in [3.05, 3.63) is 23.4 Å². The van der Waals surface area contributed by atoms with Crippen LogP contribution in [0.4, 0.5) is 13.2 Å². The van der Waals surface area contributed by atoms with E-state index in [2.05, 4.69) is 5.32 Å². The highest BCUT2D eigenvalue weighted by Gasteiger charge is 2.56. The van der Waals surface area contributed by atoms with Gasteiger partial charge in [0.05, 0.1) is 11.8 Å². The molecule has 3 aliphatic rings. The van der Waals surface area contributed by atoms with Gasteiger partial charge in [-0.05, 0) is 46.0 Å². The van der Waals surface area contributed by atoms with E-state index in [1.807, 2.05) is 13.0 Å². The monoisotopic (exact) mass is 398 g/mol. The minimum absolute atomic E-state index is 0.0220. The van der Waals surface area contributed by atoms with Crippen molar-refractivity contribution < 1.29 is 22.8 Å². The van der Waals surface area contributed by atoms with E-state index in [9.17, 15) is 22.8 Å². The van der Waals surface area contributed by atoms with Crippen LogP contribution in [0.1, 0.15) is 53.4 Å². The fourth-order valence-electron chi connectivity index (χ4n) is 5.14. The summed E-state index contributed by atoms with van der Waals surface area (Å²) in [4.78, 5) is 26.7. The molecule has 1 aliphatic heterocycles. The number of halogens is 3. The highest BCUT2D eigenvalue weighted by Crippen LogP contribution is 2.57. The summed E-state index contributed by atoms with van der Waals surface area (Å²) in [7, 11) is 1.72. The summed E-state index contributed by atoms with van der Waals surface area (Å²) in [6.45, 7) is 7.31. The summed E-state index contributed by atoms with van der Waals surface area (Å²) in [5.74, 6) is -3.86. The molecule has 1 heterocycles. The third-order valence-corrected chi connectivity index (χ3v) is 6.42. The number of alkyl halides is 3. The predicted octanol–water partition coefficient (Wildman–Crippen LogP) is 4.19. The van der Waals surface area contributed by atoms with Gasteiger partial charge in [-0.25, -0.2) is 0 Å². The van der Waals surface area contributed by atoms with Gasteiger partial charge in [-0.2, -0.15) is 13.2 Å². The lowest BCUT2D eigenvalue weighted by Gasteiger charge is -2.52. The third kappa shape index (κ3) is 3.48. The Labute approximate surface area is 164 Å². The maximum absolute atomic E-state index is 13.8. The number of carbonyl (C=O) groups excluding carboxylic acids is 2. The van der Waals surface area contributed by atoms with Crippen molar-refractivity contribution in [2.24, 2.45) is 23.2 Å². The SMILES string of the molecule is CN1C(=O)CC[C@]2(C)C3=CCC(C(F)(F)F)C(C(=O)NC(C)(C)C)C3CC=C12.